The van der Waals surface area contributed by atoms with Gasteiger partial charge in [0.05, 0.1) is 13.2 Å². The van der Waals surface area contributed by atoms with Crippen LogP contribution in [0.5, 0.6) is 5.75 Å². The number of ether oxygens (including phenoxy) is 2. The van der Waals surface area contributed by atoms with Crippen molar-refractivity contribution in [2.75, 3.05) is 20.3 Å². The molecule has 5 heteroatoms. The van der Waals surface area contributed by atoms with Gasteiger partial charge < -0.3 is 20.1 Å². The predicted octanol–water partition coefficient (Wildman–Crippen LogP) is 3.46. The van der Waals surface area contributed by atoms with E-state index in [-0.39, 0.29) is 12.1 Å². The van der Waals surface area contributed by atoms with E-state index in [1.165, 1.54) is 0 Å². The van der Waals surface area contributed by atoms with Gasteiger partial charge in [-0.25, -0.2) is 4.79 Å². The molecule has 0 aliphatic heterocycles. The van der Waals surface area contributed by atoms with Crippen LogP contribution in [0.1, 0.15) is 25.8 Å². The normalized spacial score (nSPS) is 10.8. The summed E-state index contributed by atoms with van der Waals surface area (Å²) in [7, 11) is 1.66. The number of amides is 2. The molecule has 0 saturated carbocycles. The van der Waals surface area contributed by atoms with Crippen molar-refractivity contribution in [1.82, 2.24) is 10.6 Å². The fourth-order valence-corrected chi connectivity index (χ4v) is 2.35. The minimum atomic E-state index is -0.158. The van der Waals surface area contributed by atoms with E-state index in [9.17, 15) is 4.79 Å². The maximum absolute atomic E-state index is 11.8. The highest BCUT2D eigenvalue weighted by atomic mass is 16.5. The van der Waals surface area contributed by atoms with Crippen molar-refractivity contribution in [3.05, 3.63) is 42.0 Å². The number of carbonyl (C=O) groups is 1. The summed E-state index contributed by atoms with van der Waals surface area (Å²) >= 11 is 0. The van der Waals surface area contributed by atoms with Crippen LogP contribution < -0.4 is 15.4 Å². The van der Waals surface area contributed by atoms with Crippen LogP contribution in [0.3, 0.4) is 0 Å². The quantitative estimate of drug-likeness (QED) is 0.729. The number of methoxy groups -OCH3 is 1. The average Bonchev–Trinajstić information content (AvgIpc) is 2.58. The first kappa shape index (κ1) is 18.1. The fraction of sp³-hybridized carbons (Fsp3) is 0.421. The molecule has 2 aromatic carbocycles. The third-order valence-electron chi connectivity index (χ3n) is 3.62. The molecule has 0 heterocycles. The topological polar surface area (TPSA) is 59.6 Å². The van der Waals surface area contributed by atoms with E-state index >= 15 is 0 Å². The number of hydrogen-bond donors (Lipinski definition) is 2. The molecule has 2 rings (SSSR count). The smallest absolute Gasteiger partial charge is 0.315 e. The Morgan fingerprint density at radius 2 is 1.83 bits per heavy atom. The van der Waals surface area contributed by atoms with E-state index in [1.807, 2.05) is 44.2 Å². The van der Waals surface area contributed by atoms with Crippen molar-refractivity contribution in [3.63, 3.8) is 0 Å². The van der Waals surface area contributed by atoms with Gasteiger partial charge in [0, 0.05) is 19.7 Å². The number of urea groups is 1. The molecule has 0 radical (unpaired) electrons. The molecule has 0 unspecified atom stereocenters. The lowest BCUT2D eigenvalue weighted by Crippen LogP contribution is -2.35. The number of hydrogen-bond acceptors (Lipinski definition) is 3. The summed E-state index contributed by atoms with van der Waals surface area (Å²) in [5.74, 6) is 0.842. The second kappa shape index (κ2) is 9.13. The van der Waals surface area contributed by atoms with Crippen LogP contribution in [-0.2, 0) is 11.3 Å². The highest BCUT2D eigenvalue weighted by Gasteiger charge is 2.02. The Bertz CT molecular complexity index is 671. The molecule has 0 saturated heterocycles. The zero-order valence-electron chi connectivity index (χ0n) is 14.6. The molecule has 0 bridgehead atoms. The van der Waals surface area contributed by atoms with Crippen LogP contribution in [0.2, 0.25) is 0 Å². The molecule has 2 amide bonds. The number of benzene rings is 2. The minimum absolute atomic E-state index is 0.158. The Morgan fingerprint density at radius 1 is 1.08 bits per heavy atom. The lowest BCUT2D eigenvalue weighted by Gasteiger charge is -2.10. The molecule has 0 spiro atoms. The first-order chi connectivity index (χ1) is 11.6. The SMILES string of the molecule is COc1ccc2cc(CNC(=O)NCCCOC(C)C)ccc2c1. The van der Waals surface area contributed by atoms with Gasteiger partial charge in [0.2, 0.25) is 0 Å². The number of fused-ring (bicyclic) bond motifs is 1. The zero-order valence-corrected chi connectivity index (χ0v) is 14.6. The molecular formula is C19H26N2O3. The highest BCUT2D eigenvalue weighted by molar-refractivity contribution is 5.84. The van der Waals surface area contributed by atoms with Crippen LogP contribution in [0.4, 0.5) is 4.79 Å². The van der Waals surface area contributed by atoms with Gasteiger partial charge >= 0.3 is 6.03 Å². The number of nitrogens with one attached hydrogen (secondary N) is 2. The highest BCUT2D eigenvalue weighted by Crippen LogP contribution is 2.21. The van der Waals surface area contributed by atoms with Gasteiger partial charge in [-0.2, -0.15) is 0 Å². The van der Waals surface area contributed by atoms with Gasteiger partial charge in [0.15, 0.2) is 0 Å². The van der Waals surface area contributed by atoms with E-state index in [0.717, 1.165) is 28.5 Å². The van der Waals surface area contributed by atoms with E-state index < -0.39 is 0 Å². The number of rotatable bonds is 8. The van der Waals surface area contributed by atoms with E-state index in [0.29, 0.717) is 19.7 Å². The Morgan fingerprint density at radius 3 is 2.58 bits per heavy atom. The molecule has 2 aromatic rings. The Hall–Kier alpha value is -2.27. The second-order valence-electron chi connectivity index (χ2n) is 5.93. The first-order valence-electron chi connectivity index (χ1n) is 8.28. The van der Waals surface area contributed by atoms with Crippen molar-refractivity contribution in [3.8, 4) is 5.75 Å². The van der Waals surface area contributed by atoms with Crippen molar-refractivity contribution in [2.45, 2.75) is 32.9 Å². The molecule has 2 N–H and O–H groups in total. The molecular weight excluding hydrogens is 304 g/mol. The second-order valence-corrected chi connectivity index (χ2v) is 5.93. The third-order valence-corrected chi connectivity index (χ3v) is 3.62. The summed E-state index contributed by atoms with van der Waals surface area (Å²) < 4.78 is 10.7. The Labute approximate surface area is 143 Å². The maximum atomic E-state index is 11.8. The monoisotopic (exact) mass is 330 g/mol. The van der Waals surface area contributed by atoms with Gasteiger partial charge in [-0.05, 0) is 54.8 Å². The van der Waals surface area contributed by atoms with Crippen LogP contribution in [-0.4, -0.2) is 32.4 Å². The zero-order chi connectivity index (χ0) is 17.4. The molecule has 0 atom stereocenters. The third kappa shape index (κ3) is 5.74. The van der Waals surface area contributed by atoms with Gasteiger partial charge in [-0.1, -0.05) is 18.2 Å². The summed E-state index contributed by atoms with van der Waals surface area (Å²) in [6, 6.07) is 11.9. The van der Waals surface area contributed by atoms with E-state index in [4.69, 9.17) is 9.47 Å². The fourth-order valence-electron chi connectivity index (χ4n) is 2.35. The summed E-state index contributed by atoms with van der Waals surface area (Å²) in [4.78, 5) is 11.8. The average molecular weight is 330 g/mol. The van der Waals surface area contributed by atoms with E-state index in [1.54, 1.807) is 7.11 Å². The predicted molar refractivity (Wildman–Crippen MR) is 96.4 cm³/mol. The van der Waals surface area contributed by atoms with Crippen LogP contribution in [0.15, 0.2) is 36.4 Å². The summed E-state index contributed by atoms with van der Waals surface area (Å²) in [6.45, 7) is 5.76. The minimum Gasteiger partial charge on any atom is -0.497 e. The van der Waals surface area contributed by atoms with Crippen molar-refractivity contribution in [1.29, 1.82) is 0 Å². The van der Waals surface area contributed by atoms with Crippen LogP contribution >= 0.6 is 0 Å². The summed E-state index contributed by atoms with van der Waals surface area (Å²) in [6.07, 6.45) is 1.04. The number of carbonyl (C=O) groups excluding carboxylic acids is 1. The Kier molecular flexibility index (Phi) is 6.88. The lowest BCUT2D eigenvalue weighted by molar-refractivity contribution is 0.0774. The molecule has 0 aliphatic carbocycles. The van der Waals surface area contributed by atoms with Crippen molar-refractivity contribution < 1.29 is 14.3 Å². The lowest BCUT2D eigenvalue weighted by atomic mass is 10.1. The Balaban J connectivity index is 1.77. The van der Waals surface area contributed by atoms with Crippen molar-refractivity contribution >= 4 is 16.8 Å². The molecule has 0 aromatic heterocycles. The van der Waals surface area contributed by atoms with Crippen LogP contribution in [0, 0.1) is 0 Å². The van der Waals surface area contributed by atoms with Crippen molar-refractivity contribution in [2.24, 2.45) is 0 Å². The molecule has 0 fully saturated rings. The standard InChI is InChI=1S/C19H26N2O3/c1-14(2)24-10-4-9-20-19(22)21-13-15-5-6-17-12-18(23-3)8-7-16(17)11-15/h5-8,11-12,14H,4,9-10,13H2,1-3H3,(H2,20,21,22). The van der Waals surface area contributed by atoms with Gasteiger partial charge in [0.25, 0.3) is 0 Å². The van der Waals surface area contributed by atoms with Crippen LogP contribution in [0.25, 0.3) is 10.8 Å². The molecule has 24 heavy (non-hydrogen) atoms. The molecule has 5 nitrogen and oxygen atoms in total. The maximum Gasteiger partial charge on any atom is 0.315 e. The summed E-state index contributed by atoms with van der Waals surface area (Å²) in [5.41, 5.74) is 1.06. The largest absolute Gasteiger partial charge is 0.497 e. The van der Waals surface area contributed by atoms with E-state index in [2.05, 4.69) is 16.7 Å². The molecule has 130 valence electrons. The summed E-state index contributed by atoms with van der Waals surface area (Å²) in [5, 5.41) is 7.95. The van der Waals surface area contributed by atoms with Gasteiger partial charge in [-0.3, -0.25) is 0 Å². The first-order valence-corrected chi connectivity index (χ1v) is 8.28. The van der Waals surface area contributed by atoms with Gasteiger partial charge in [-0.15, -0.1) is 0 Å². The van der Waals surface area contributed by atoms with Gasteiger partial charge in [0.1, 0.15) is 5.75 Å². The molecule has 0 aliphatic rings.